The first kappa shape index (κ1) is 18.1. The van der Waals surface area contributed by atoms with Crippen LogP contribution < -0.4 is 0 Å². The fourth-order valence-corrected chi connectivity index (χ4v) is 2.85. The first-order chi connectivity index (χ1) is 12.1. The van der Waals surface area contributed by atoms with Crippen molar-refractivity contribution in [3.05, 3.63) is 64.1 Å². The smallest absolute Gasteiger partial charge is 0.419 e. The molecule has 0 amide bonds. The van der Waals surface area contributed by atoms with E-state index in [1.165, 1.54) is 22.8 Å². The molecule has 2 aromatic carbocycles. The van der Waals surface area contributed by atoms with E-state index in [0.29, 0.717) is 23.0 Å². The van der Waals surface area contributed by atoms with E-state index in [0.717, 1.165) is 6.07 Å². The number of hydrogen-bond acceptors (Lipinski definition) is 2. The maximum absolute atomic E-state index is 13.4. The third-order valence-corrected chi connectivity index (χ3v) is 4.17. The highest BCUT2D eigenvalue weighted by molar-refractivity contribution is 6.32. The number of carboxylic acids is 1. The first-order valence-electron chi connectivity index (χ1n) is 7.18. The van der Waals surface area contributed by atoms with E-state index in [4.69, 9.17) is 11.6 Å². The van der Waals surface area contributed by atoms with Crippen molar-refractivity contribution < 1.29 is 32.6 Å². The van der Waals surface area contributed by atoms with Crippen LogP contribution in [-0.4, -0.2) is 20.7 Å². The van der Waals surface area contributed by atoms with Crippen LogP contribution in [0.25, 0.3) is 10.9 Å². The largest absolute Gasteiger partial charge is 0.506 e. The molecule has 26 heavy (non-hydrogen) atoms. The summed E-state index contributed by atoms with van der Waals surface area (Å²) < 4.78 is 53.3. The Kier molecular flexibility index (Phi) is 4.31. The van der Waals surface area contributed by atoms with Gasteiger partial charge in [0, 0.05) is 11.9 Å². The number of carboxylic acid groups (broad SMARTS) is 1. The van der Waals surface area contributed by atoms with Gasteiger partial charge in [-0.2, -0.15) is 13.2 Å². The van der Waals surface area contributed by atoms with Crippen molar-refractivity contribution in [2.45, 2.75) is 12.7 Å². The summed E-state index contributed by atoms with van der Waals surface area (Å²) in [6.07, 6.45) is -4.87. The highest BCUT2D eigenvalue weighted by atomic mass is 35.5. The van der Waals surface area contributed by atoms with Gasteiger partial charge in [0.15, 0.2) is 0 Å². The number of carbonyl (C=O) groups is 1. The number of hydrogen-bond donors (Lipinski definition) is 2. The lowest BCUT2D eigenvalue weighted by atomic mass is 10.1. The molecule has 3 aromatic rings. The van der Waals surface area contributed by atoms with Crippen molar-refractivity contribution >= 4 is 28.5 Å². The second-order valence-electron chi connectivity index (χ2n) is 5.60. The molecule has 1 heterocycles. The zero-order valence-corrected chi connectivity index (χ0v) is 13.6. The van der Waals surface area contributed by atoms with Gasteiger partial charge in [-0.15, -0.1) is 0 Å². The Bertz CT molecular complexity index is 1030. The molecule has 0 atom stereocenters. The van der Waals surface area contributed by atoms with Crippen LogP contribution in [0.5, 0.6) is 5.75 Å². The summed E-state index contributed by atoms with van der Waals surface area (Å²) in [4.78, 5) is 11.5. The van der Waals surface area contributed by atoms with Gasteiger partial charge in [-0.3, -0.25) is 0 Å². The summed E-state index contributed by atoms with van der Waals surface area (Å²) in [6.45, 7) is -0.254. The average Bonchev–Trinajstić information content (AvgIpc) is 2.86. The predicted octanol–water partition coefficient (Wildman–Crippen LogP) is 4.90. The molecule has 3 rings (SSSR count). The number of phenols is 1. The van der Waals surface area contributed by atoms with Crippen molar-refractivity contribution in [1.82, 2.24) is 4.57 Å². The molecule has 0 aliphatic carbocycles. The van der Waals surface area contributed by atoms with E-state index in [9.17, 15) is 32.6 Å². The van der Waals surface area contributed by atoms with Crippen molar-refractivity contribution in [2.75, 3.05) is 0 Å². The predicted molar refractivity (Wildman–Crippen MR) is 86.1 cm³/mol. The molecule has 0 saturated carbocycles. The van der Waals surface area contributed by atoms with Crippen molar-refractivity contribution in [3.63, 3.8) is 0 Å². The number of fused-ring (bicyclic) bond motifs is 1. The Balaban J connectivity index is 2.16. The van der Waals surface area contributed by atoms with Gasteiger partial charge in [-0.05, 0) is 35.9 Å². The lowest BCUT2D eigenvalue weighted by Crippen LogP contribution is -2.12. The van der Waals surface area contributed by atoms with Gasteiger partial charge >= 0.3 is 12.1 Å². The number of rotatable bonds is 3. The summed E-state index contributed by atoms with van der Waals surface area (Å²) in [7, 11) is 0. The van der Waals surface area contributed by atoms with Crippen molar-refractivity contribution in [2.24, 2.45) is 0 Å². The van der Waals surface area contributed by atoms with Crippen LogP contribution in [0, 0.1) is 5.82 Å². The van der Waals surface area contributed by atoms with E-state index in [1.807, 2.05) is 0 Å². The second-order valence-corrected chi connectivity index (χ2v) is 6.00. The molecule has 0 bridgehead atoms. The normalized spacial score (nSPS) is 11.9. The SMILES string of the molecule is O=C(O)c1cc2cc(O)c(Cl)cc2n1Cc1ccc(F)c(C(F)(F)F)c1. The van der Waals surface area contributed by atoms with Crippen molar-refractivity contribution in [3.8, 4) is 5.75 Å². The first-order valence-corrected chi connectivity index (χ1v) is 7.56. The Hall–Kier alpha value is -2.74. The maximum atomic E-state index is 13.4. The fourth-order valence-electron chi connectivity index (χ4n) is 2.69. The van der Waals surface area contributed by atoms with E-state index in [2.05, 4.69) is 0 Å². The van der Waals surface area contributed by atoms with Gasteiger partial charge in [-0.25, -0.2) is 9.18 Å². The highest BCUT2D eigenvalue weighted by Gasteiger charge is 2.34. The molecule has 136 valence electrons. The third kappa shape index (κ3) is 3.20. The zero-order valence-electron chi connectivity index (χ0n) is 12.8. The topological polar surface area (TPSA) is 62.5 Å². The van der Waals surface area contributed by atoms with Crippen LogP contribution in [0.15, 0.2) is 36.4 Å². The minimum atomic E-state index is -4.87. The number of benzene rings is 2. The molecule has 0 spiro atoms. The van der Waals surface area contributed by atoms with Crippen molar-refractivity contribution in [1.29, 1.82) is 0 Å². The molecular formula is C17H10ClF4NO3. The Morgan fingerprint density at radius 3 is 2.46 bits per heavy atom. The van der Waals surface area contributed by atoms with Crippen LogP contribution in [0.3, 0.4) is 0 Å². The quantitative estimate of drug-likeness (QED) is 0.628. The minimum Gasteiger partial charge on any atom is -0.506 e. The standard InChI is InChI=1S/C17H10ClF4NO3/c18-11-6-13-9(5-15(11)24)4-14(16(25)26)23(13)7-8-1-2-12(19)10(3-8)17(20,21)22/h1-6,24H,7H2,(H,25,26). The molecule has 0 fully saturated rings. The summed E-state index contributed by atoms with van der Waals surface area (Å²) in [5.41, 5.74) is -1.27. The van der Waals surface area contributed by atoms with Gasteiger partial charge in [-0.1, -0.05) is 17.7 Å². The lowest BCUT2D eigenvalue weighted by Gasteiger charge is -2.13. The number of alkyl halides is 3. The lowest BCUT2D eigenvalue weighted by molar-refractivity contribution is -0.140. The minimum absolute atomic E-state index is 0.0381. The van der Waals surface area contributed by atoms with Crippen LogP contribution in [0.2, 0.25) is 5.02 Å². The van der Waals surface area contributed by atoms with Gasteiger partial charge in [0.2, 0.25) is 0 Å². The van der Waals surface area contributed by atoms with Gasteiger partial charge < -0.3 is 14.8 Å². The molecule has 9 heteroatoms. The van der Waals surface area contributed by atoms with E-state index in [1.54, 1.807) is 0 Å². The molecule has 0 aliphatic rings. The number of aromatic carboxylic acids is 1. The number of halogens is 5. The van der Waals surface area contributed by atoms with Crippen LogP contribution >= 0.6 is 11.6 Å². The molecule has 0 saturated heterocycles. The second kappa shape index (κ2) is 6.21. The monoisotopic (exact) mass is 387 g/mol. The maximum Gasteiger partial charge on any atom is 0.419 e. The summed E-state index contributed by atoms with van der Waals surface area (Å²) in [5, 5.41) is 19.3. The van der Waals surface area contributed by atoms with Gasteiger partial charge in [0.05, 0.1) is 16.1 Å². The van der Waals surface area contributed by atoms with Gasteiger partial charge in [0.1, 0.15) is 17.3 Å². The molecule has 1 aromatic heterocycles. The molecule has 2 N–H and O–H groups in total. The third-order valence-electron chi connectivity index (χ3n) is 3.87. The average molecular weight is 388 g/mol. The number of nitrogens with zero attached hydrogens (tertiary/aromatic N) is 1. The Morgan fingerprint density at radius 2 is 1.85 bits per heavy atom. The fraction of sp³-hybridized carbons (Fsp3) is 0.118. The highest BCUT2D eigenvalue weighted by Crippen LogP contribution is 2.34. The van der Waals surface area contributed by atoms with Crippen LogP contribution in [0.4, 0.5) is 17.6 Å². The summed E-state index contributed by atoms with van der Waals surface area (Å²) in [6, 6.07) is 6.29. The number of aromatic nitrogens is 1. The van der Waals surface area contributed by atoms with E-state index >= 15 is 0 Å². The molecule has 0 unspecified atom stereocenters. The van der Waals surface area contributed by atoms with Gasteiger partial charge in [0.25, 0.3) is 0 Å². The Labute approximate surface area is 148 Å². The van der Waals surface area contributed by atoms with E-state index < -0.39 is 23.5 Å². The Morgan fingerprint density at radius 1 is 1.15 bits per heavy atom. The molecule has 0 aliphatic heterocycles. The van der Waals surface area contributed by atoms with Crippen LogP contribution in [-0.2, 0) is 12.7 Å². The molecule has 0 radical (unpaired) electrons. The number of phenolic OH excluding ortho intramolecular Hbond substituents is 1. The zero-order chi connectivity index (χ0) is 19.2. The summed E-state index contributed by atoms with van der Waals surface area (Å²) >= 11 is 5.85. The molecule has 4 nitrogen and oxygen atoms in total. The van der Waals surface area contributed by atoms with E-state index in [-0.39, 0.29) is 28.6 Å². The summed E-state index contributed by atoms with van der Waals surface area (Å²) in [5.74, 6) is -2.98. The molecular weight excluding hydrogens is 378 g/mol. The van der Waals surface area contributed by atoms with Crippen LogP contribution in [0.1, 0.15) is 21.6 Å². The number of aromatic hydroxyl groups is 1.